The summed E-state index contributed by atoms with van der Waals surface area (Å²) in [5.74, 6) is 2.22. The van der Waals surface area contributed by atoms with Crippen molar-refractivity contribution in [3.8, 4) is 12.3 Å². The van der Waals surface area contributed by atoms with E-state index in [1.807, 2.05) is 20.8 Å². The van der Waals surface area contributed by atoms with E-state index in [0.29, 0.717) is 18.5 Å². The van der Waals surface area contributed by atoms with Crippen molar-refractivity contribution < 1.29 is 14.3 Å². The van der Waals surface area contributed by atoms with E-state index in [1.165, 1.54) is 0 Å². The Labute approximate surface area is 125 Å². The van der Waals surface area contributed by atoms with Crippen LogP contribution >= 0.6 is 0 Å². The van der Waals surface area contributed by atoms with Crippen LogP contribution in [0.3, 0.4) is 0 Å². The van der Waals surface area contributed by atoms with Crippen molar-refractivity contribution >= 4 is 17.6 Å². The summed E-state index contributed by atoms with van der Waals surface area (Å²) < 4.78 is 5.30. The SMILES string of the molecule is C#CC1CC(=O)N(c2ccc(C(=O)OC(C)(C)C)cc2)C1. The average Bonchev–Trinajstić information content (AvgIpc) is 2.78. The standard InChI is InChI=1S/C17H19NO3/c1-5-12-10-15(19)18(11-12)14-8-6-13(7-9-14)16(20)21-17(2,3)4/h1,6-9,12H,10-11H2,2-4H3. The highest BCUT2D eigenvalue weighted by atomic mass is 16.6. The summed E-state index contributed by atoms with van der Waals surface area (Å²) in [7, 11) is 0. The van der Waals surface area contributed by atoms with Gasteiger partial charge in [-0.15, -0.1) is 12.3 Å². The minimum absolute atomic E-state index is 0.0166. The largest absolute Gasteiger partial charge is 0.456 e. The van der Waals surface area contributed by atoms with Gasteiger partial charge in [-0.3, -0.25) is 4.79 Å². The molecule has 21 heavy (non-hydrogen) atoms. The van der Waals surface area contributed by atoms with Crippen molar-refractivity contribution in [3.63, 3.8) is 0 Å². The lowest BCUT2D eigenvalue weighted by Gasteiger charge is -2.20. The highest BCUT2D eigenvalue weighted by Gasteiger charge is 2.29. The monoisotopic (exact) mass is 285 g/mol. The van der Waals surface area contributed by atoms with E-state index in [9.17, 15) is 9.59 Å². The Kier molecular flexibility index (Phi) is 4.04. The van der Waals surface area contributed by atoms with Gasteiger partial charge in [0.1, 0.15) is 5.60 Å². The number of amides is 1. The van der Waals surface area contributed by atoms with Gasteiger partial charge < -0.3 is 9.64 Å². The van der Waals surface area contributed by atoms with Gasteiger partial charge in [0, 0.05) is 24.6 Å². The number of rotatable bonds is 2. The molecule has 0 radical (unpaired) electrons. The fourth-order valence-electron chi connectivity index (χ4n) is 2.18. The Bertz CT molecular complexity index is 590. The number of hydrogen-bond donors (Lipinski definition) is 0. The van der Waals surface area contributed by atoms with Crippen LogP contribution in [-0.2, 0) is 9.53 Å². The van der Waals surface area contributed by atoms with Crippen molar-refractivity contribution in [1.29, 1.82) is 0 Å². The third-order valence-electron chi connectivity index (χ3n) is 3.17. The summed E-state index contributed by atoms with van der Waals surface area (Å²) in [4.78, 5) is 25.5. The van der Waals surface area contributed by atoms with E-state index in [2.05, 4.69) is 5.92 Å². The lowest BCUT2D eigenvalue weighted by molar-refractivity contribution is -0.117. The number of nitrogens with zero attached hydrogens (tertiary/aromatic N) is 1. The van der Waals surface area contributed by atoms with Gasteiger partial charge in [0.25, 0.3) is 0 Å². The predicted octanol–water partition coefficient (Wildman–Crippen LogP) is 2.63. The zero-order chi connectivity index (χ0) is 15.6. The Balaban J connectivity index is 2.11. The zero-order valence-electron chi connectivity index (χ0n) is 12.6. The van der Waals surface area contributed by atoms with E-state index in [4.69, 9.17) is 11.2 Å². The Morgan fingerprint density at radius 1 is 1.33 bits per heavy atom. The van der Waals surface area contributed by atoms with Gasteiger partial charge in [-0.05, 0) is 45.0 Å². The number of anilines is 1. The molecule has 1 aliphatic rings. The molecule has 1 heterocycles. The van der Waals surface area contributed by atoms with E-state index in [0.717, 1.165) is 5.69 Å². The molecule has 1 amide bonds. The number of terminal acetylenes is 1. The molecule has 0 aliphatic carbocycles. The number of ether oxygens (including phenoxy) is 1. The second kappa shape index (κ2) is 5.61. The van der Waals surface area contributed by atoms with Crippen LogP contribution in [0.2, 0.25) is 0 Å². The molecule has 0 N–H and O–H groups in total. The normalized spacial score (nSPS) is 18.5. The Morgan fingerprint density at radius 2 is 1.95 bits per heavy atom. The molecule has 1 aromatic carbocycles. The fraction of sp³-hybridized carbons (Fsp3) is 0.412. The molecule has 110 valence electrons. The maximum absolute atomic E-state index is 11.9. The highest BCUT2D eigenvalue weighted by Crippen LogP contribution is 2.25. The van der Waals surface area contributed by atoms with E-state index < -0.39 is 5.60 Å². The Morgan fingerprint density at radius 3 is 2.43 bits per heavy atom. The molecule has 1 atom stereocenters. The van der Waals surface area contributed by atoms with Crippen LogP contribution in [0.4, 0.5) is 5.69 Å². The van der Waals surface area contributed by atoms with Crippen molar-refractivity contribution in [3.05, 3.63) is 29.8 Å². The molecular formula is C17H19NO3. The summed E-state index contributed by atoms with van der Waals surface area (Å²) in [5, 5.41) is 0. The van der Waals surface area contributed by atoms with Gasteiger partial charge in [0.05, 0.1) is 5.56 Å². The summed E-state index contributed by atoms with van der Waals surface area (Å²) in [6.07, 6.45) is 5.75. The quantitative estimate of drug-likeness (QED) is 0.620. The van der Waals surface area contributed by atoms with Gasteiger partial charge in [0.2, 0.25) is 5.91 Å². The third kappa shape index (κ3) is 3.63. The fourth-order valence-corrected chi connectivity index (χ4v) is 2.18. The first kappa shape index (κ1) is 15.1. The summed E-state index contributed by atoms with van der Waals surface area (Å²) in [5.41, 5.74) is 0.694. The van der Waals surface area contributed by atoms with Crippen LogP contribution in [0.5, 0.6) is 0 Å². The van der Waals surface area contributed by atoms with Crippen LogP contribution in [0.25, 0.3) is 0 Å². The highest BCUT2D eigenvalue weighted by molar-refractivity contribution is 5.97. The molecule has 0 spiro atoms. The molecule has 1 unspecified atom stereocenters. The molecule has 0 bridgehead atoms. The van der Waals surface area contributed by atoms with Crippen LogP contribution < -0.4 is 4.90 Å². The summed E-state index contributed by atoms with van der Waals surface area (Å²) >= 11 is 0. The second-order valence-corrected chi connectivity index (χ2v) is 6.12. The maximum Gasteiger partial charge on any atom is 0.338 e. The van der Waals surface area contributed by atoms with E-state index in [-0.39, 0.29) is 17.8 Å². The van der Waals surface area contributed by atoms with Crippen LogP contribution in [0.15, 0.2) is 24.3 Å². The number of esters is 1. The summed E-state index contributed by atoms with van der Waals surface area (Å²) in [6.45, 7) is 5.99. The average molecular weight is 285 g/mol. The van der Waals surface area contributed by atoms with Crippen molar-refractivity contribution in [1.82, 2.24) is 0 Å². The van der Waals surface area contributed by atoms with Crippen molar-refractivity contribution in [2.45, 2.75) is 32.8 Å². The molecule has 0 saturated carbocycles. The molecule has 1 aliphatic heterocycles. The van der Waals surface area contributed by atoms with Gasteiger partial charge in [-0.1, -0.05) is 0 Å². The smallest absolute Gasteiger partial charge is 0.338 e. The Hall–Kier alpha value is -2.28. The number of carbonyl (C=O) groups excluding carboxylic acids is 2. The molecule has 1 aromatic rings. The lowest BCUT2D eigenvalue weighted by atomic mass is 10.1. The minimum atomic E-state index is -0.527. The lowest BCUT2D eigenvalue weighted by Crippen LogP contribution is -2.25. The first-order valence-corrected chi connectivity index (χ1v) is 6.90. The van der Waals surface area contributed by atoms with Crippen molar-refractivity contribution in [2.75, 3.05) is 11.4 Å². The minimum Gasteiger partial charge on any atom is -0.456 e. The topological polar surface area (TPSA) is 46.6 Å². The number of benzene rings is 1. The van der Waals surface area contributed by atoms with E-state index in [1.54, 1.807) is 29.2 Å². The van der Waals surface area contributed by atoms with Gasteiger partial charge >= 0.3 is 5.97 Å². The summed E-state index contributed by atoms with van der Waals surface area (Å²) in [6, 6.07) is 6.83. The van der Waals surface area contributed by atoms with Gasteiger partial charge in [0.15, 0.2) is 0 Å². The molecular weight excluding hydrogens is 266 g/mol. The second-order valence-electron chi connectivity index (χ2n) is 6.12. The molecule has 2 rings (SSSR count). The number of carbonyl (C=O) groups is 2. The molecule has 4 nitrogen and oxygen atoms in total. The predicted molar refractivity (Wildman–Crippen MR) is 80.9 cm³/mol. The molecule has 1 fully saturated rings. The maximum atomic E-state index is 11.9. The molecule has 4 heteroatoms. The number of hydrogen-bond acceptors (Lipinski definition) is 3. The molecule has 0 aromatic heterocycles. The third-order valence-corrected chi connectivity index (χ3v) is 3.17. The van der Waals surface area contributed by atoms with Crippen LogP contribution in [0.1, 0.15) is 37.6 Å². The molecule has 1 saturated heterocycles. The van der Waals surface area contributed by atoms with E-state index >= 15 is 0 Å². The van der Waals surface area contributed by atoms with Gasteiger partial charge in [-0.2, -0.15) is 0 Å². The van der Waals surface area contributed by atoms with Crippen LogP contribution in [-0.4, -0.2) is 24.0 Å². The van der Waals surface area contributed by atoms with Crippen molar-refractivity contribution in [2.24, 2.45) is 5.92 Å². The first-order valence-electron chi connectivity index (χ1n) is 6.90. The van der Waals surface area contributed by atoms with Gasteiger partial charge in [-0.25, -0.2) is 4.79 Å². The zero-order valence-corrected chi connectivity index (χ0v) is 12.6. The van der Waals surface area contributed by atoms with Crippen LogP contribution in [0, 0.1) is 18.3 Å². The first-order chi connectivity index (χ1) is 9.80.